The lowest BCUT2D eigenvalue weighted by atomic mass is 9.53. The van der Waals surface area contributed by atoms with E-state index < -0.39 is 17.0 Å². The van der Waals surface area contributed by atoms with Crippen LogP contribution in [0.5, 0.6) is 0 Å². The van der Waals surface area contributed by atoms with Gasteiger partial charge in [-0.1, -0.05) is 0 Å². The zero-order chi connectivity index (χ0) is 11.1. The second-order valence-electron chi connectivity index (χ2n) is 5.20. The van der Waals surface area contributed by atoms with E-state index in [1.54, 1.807) is 6.92 Å². The zero-order valence-corrected chi connectivity index (χ0v) is 9.03. The predicted molar refractivity (Wildman–Crippen MR) is 53.5 cm³/mol. The molecule has 4 heteroatoms. The van der Waals surface area contributed by atoms with E-state index in [0.29, 0.717) is 26.1 Å². The molecule has 2 rings (SSSR count). The summed E-state index contributed by atoms with van der Waals surface area (Å²) in [7, 11) is 0. The molecule has 1 saturated heterocycles. The Hall–Kier alpha value is -0.610. The summed E-state index contributed by atoms with van der Waals surface area (Å²) >= 11 is 0. The third kappa shape index (κ3) is 1.76. The molecule has 0 radical (unpaired) electrons. The maximum absolute atomic E-state index is 11.3. The lowest BCUT2D eigenvalue weighted by Crippen LogP contribution is -2.58. The van der Waals surface area contributed by atoms with Crippen molar-refractivity contribution in [1.82, 2.24) is 0 Å². The standard InChI is InChI=1S/C11H18O4/c1-10(14)6-11(7-10,9(12)13)8-2-4-15-5-3-8/h8,14H,2-7H2,1H3,(H,12,13). The highest BCUT2D eigenvalue weighted by molar-refractivity contribution is 5.77. The molecule has 0 bridgehead atoms. The molecular formula is C11H18O4. The molecule has 1 aliphatic heterocycles. The molecule has 15 heavy (non-hydrogen) atoms. The van der Waals surface area contributed by atoms with E-state index >= 15 is 0 Å². The molecule has 4 nitrogen and oxygen atoms in total. The molecule has 0 aromatic rings. The first-order valence-electron chi connectivity index (χ1n) is 5.50. The van der Waals surface area contributed by atoms with Gasteiger partial charge in [0, 0.05) is 13.2 Å². The number of aliphatic carboxylic acids is 1. The van der Waals surface area contributed by atoms with Crippen molar-refractivity contribution in [2.45, 2.75) is 38.2 Å². The summed E-state index contributed by atoms with van der Waals surface area (Å²) in [6.45, 7) is 3.02. The number of carbonyl (C=O) groups is 1. The smallest absolute Gasteiger partial charge is 0.310 e. The fourth-order valence-electron chi connectivity index (χ4n) is 3.17. The number of carboxylic acids is 1. The minimum Gasteiger partial charge on any atom is -0.481 e. The Morgan fingerprint density at radius 3 is 2.27 bits per heavy atom. The maximum Gasteiger partial charge on any atom is 0.310 e. The number of carboxylic acid groups (broad SMARTS) is 1. The average molecular weight is 214 g/mol. The summed E-state index contributed by atoms with van der Waals surface area (Å²) in [4.78, 5) is 11.3. The topological polar surface area (TPSA) is 66.8 Å². The first-order valence-corrected chi connectivity index (χ1v) is 5.50. The Morgan fingerprint density at radius 1 is 1.33 bits per heavy atom. The second-order valence-corrected chi connectivity index (χ2v) is 5.20. The van der Waals surface area contributed by atoms with Gasteiger partial charge in [0.25, 0.3) is 0 Å². The number of aliphatic hydroxyl groups is 1. The van der Waals surface area contributed by atoms with Gasteiger partial charge in [0.05, 0.1) is 11.0 Å². The van der Waals surface area contributed by atoms with Crippen molar-refractivity contribution in [3.8, 4) is 0 Å². The SMILES string of the molecule is CC1(O)CC(C(=O)O)(C2CCOCC2)C1. The quantitative estimate of drug-likeness (QED) is 0.720. The summed E-state index contributed by atoms with van der Waals surface area (Å²) in [6.07, 6.45) is 2.39. The third-order valence-electron chi connectivity index (χ3n) is 3.82. The van der Waals surface area contributed by atoms with Crippen molar-refractivity contribution in [3.63, 3.8) is 0 Å². The van der Waals surface area contributed by atoms with Gasteiger partial charge >= 0.3 is 5.97 Å². The first-order chi connectivity index (χ1) is 6.96. The molecule has 1 aliphatic carbocycles. The van der Waals surface area contributed by atoms with Gasteiger partial charge < -0.3 is 14.9 Å². The van der Waals surface area contributed by atoms with E-state index in [1.165, 1.54) is 0 Å². The van der Waals surface area contributed by atoms with E-state index in [0.717, 1.165) is 12.8 Å². The molecule has 1 saturated carbocycles. The zero-order valence-electron chi connectivity index (χ0n) is 9.03. The molecule has 86 valence electrons. The van der Waals surface area contributed by atoms with Crippen LogP contribution >= 0.6 is 0 Å². The van der Waals surface area contributed by atoms with Gasteiger partial charge in [0.15, 0.2) is 0 Å². The van der Waals surface area contributed by atoms with Gasteiger partial charge in [0.1, 0.15) is 0 Å². The highest BCUT2D eigenvalue weighted by Gasteiger charge is 2.60. The number of ether oxygens (including phenoxy) is 1. The molecule has 2 aliphatic rings. The lowest BCUT2D eigenvalue weighted by Gasteiger charge is -2.53. The van der Waals surface area contributed by atoms with E-state index in [1.807, 2.05) is 0 Å². The fraction of sp³-hybridized carbons (Fsp3) is 0.909. The van der Waals surface area contributed by atoms with Gasteiger partial charge in [0.2, 0.25) is 0 Å². The molecule has 0 atom stereocenters. The van der Waals surface area contributed by atoms with E-state index in [9.17, 15) is 15.0 Å². The van der Waals surface area contributed by atoms with Gasteiger partial charge in [-0.15, -0.1) is 0 Å². The molecule has 2 fully saturated rings. The maximum atomic E-state index is 11.3. The largest absolute Gasteiger partial charge is 0.481 e. The van der Waals surface area contributed by atoms with Crippen LogP contribution in [0.1, 0.15) is 32.6 Å². The number of hydrogen-bond acceptors (Lipinski definition) is 3. The van der Waals surface area contributed by atoms with E-state index in [4.69, 9.17) is 4.74 Å². The van der Waals surface area contributed by atoms with Crippen LogP contribution in [0.2, 0.25) is 0 Å². The summed E-state index contributed by atoms with van der Waals surface area (Å²) in [5.41, 5.74) is -1.47. The predicted octanol–water partition coefficient (Wildman–Crippen LogP) is 1.03. The molecule has 0 amide bonds. The molecule has 0 aromatic heterocycles. The van der Waals surface area contributed by atoms with Crippen LogP contribution in [0.3, 0.4) is 0 Å². The van der Waals surface area contributed by atoms with Gasteiger partial charge in [-0.3, -0.25) is 4.79 Å². The Morgan fingerprint density at radius 2 is 1.87 bits per heavy atom. The summed E-state index contributed by atoms with van der Waals surface area (Å²) in [5.74, 6) is -0.579. The third-order valence-corrected chi connectivity index (χ3v) is 3.82. The number of rotatable bonds is 2. The van der Waals surface area contributed by atoms with Crippen LogP contribution in [0.15, 0.2) is 0 Å². The second kappa shape index (κ2) is 3.46. The number of hydrogen-bond donors (Lipinski definition) is 2. The molecule has 1 heterocycles. The Bertz CT molecular complexity index is 258. The highest BCUT2D eigenvalue weighted by Crippen LogP contribution is 2.55. The minimum absolute atomic E-state index is 0.170. The van der Waals surface area contributed by atoms with Crippen molar-refractivity contribution in [2.75, 3.05) is 13.2 Å². The normalized spacial score (nSPS) is 42.3. The van der Waals surface area contributed by atoms with Crippen molar-refractivity contribution < 1.29 is 19.7 Å². The first kappa shape index (κ1) is 10.9. The van der Waals surface area contributed by atoms with Crippen LogP contribution in [0.4, 0.5) is 0 Å². The lowest BCUT2D eigenvalue weighted by molar-refractivity contribution is -0.194. The van der Waals surface area contributed by atoms with Gasteiger partial charge in [-0.05, 0) is 38.5 Å². The van der Waals surface area contributed by atoms with Crippen LogP contribution < -0.4 is 0 Å². The van der Waals surface area contributed by atoms with Crippen molar-refractivity contribution in [3.05, 3.63) is 0 Å². The molecule has 2 N–H and O–H groups in total. The van der Waals surface area contributed by atoms with Crippen LogP contribution in [0.25, 0.3) is 0 Å². The Kier molecular flexibility index (Phi) is 2.51. The molecular weight excluding hydrogens is 196 g/mol. The summed E-state index contributed by atoms with van der Waals surface area (Å²) < 4.78 is 5.24. The van der Waals surface area contributed by atoms with Crippen LogP contribution in [-0.4, -0.2) is 35.0 Å². The van der Waals surface area contributed by atoms with Crippen molar-refractivity contribution in [1.29, 1.82) is 0 Å². The molecule has 0 spiro atoms. The summed E-state index contributed by atoms with van der Waals surface area (Å²) in [5, 5.41) is 19.1. The van der Waals surface area contributed by atoms with Crippen LogP contribution in [-0.2, 0) is 9.53 Å². The highest BCUT2D eigenvalue weighted by atomic mass is 16.5. The van der Waals surface area contributed by atoms with Crippen LogP contribution in [0, 0.1) is 11.3 Å². The fourth-order valence-corrected chi connectivity index (χ4v) is 3.17. The monoisotopic (exact) mass is 214 g/mol. The van der Waals surface area contributed by atoms with Crippen molar-refractivity contribution >= 4 is 5.97 Å². The summed E-state index contributed by atoms with van der Waals surface area (Å²) in [6, 6.07) is 0. The molecule has 0 aromatic carbocycles. The van der Waals surface area contributed by atoms with Crippen molar-refractivity contribution in [2.24, 2.45) is 11.3 Å². The minimum atomic E-state index is -0.781. The van der Waals surface area contributed by atoms with Gasteiger partial charge in [-0.2, -0.15) is 0 Å². The Labute approximate surface area is 89.2 Å². The van der Waals surface area contributed by atoms with Gasteiger partial charge in [-0.25, -0.2) is 0 Å². The average Bonchev–Trinajstić information content (AvgIpc) is 2.14. The van der Waals surface area contributed by atoms with E-state index in [2.05, 4.69) is 0 Å². The Balaban J connectivity index is 2.10. The van der Waals surface area contributed by atoms with E-state index in [-0.39, 0.29) is 5.92 Å². The molecule has 0 unspecified atom stereocenters.